The second-order valence-corrected chi connectivity index (χ2v) is 4.34. The molecule has 1 heteroatoms. The Labute approximate surface area is 86.6 Å². The first-order valence-corrected chi connectivity index (χ1v) is 5.08. The molecular weight excluding hydrogens is 170 g/mol. The van der Waals surface area contributed by atoms with E-state index in [1.54, 1.807) is 0 Å². The molecule has 1 aromatic carbocycles. The number of benzene rings is 1. The first-order valence-electron chi connectivity index (χ1n) is 5.08. The van der Waals surface area contributed by atoms with Gasteiger partial charge in [-0.15, -0.1) is 0 Å². The monoisotopic (exact) mass is 189 g/mol. The summed E-state index contributed by atoms with van der Waals surface area (Å²) in [5, 5.41) is 0. The standard InChI is InChI=1S/C13H19N/c1-13(2,14)11-7-6-10-12-8-4-3-5-9-12/h3-6,8-10H,7,11,14H2,1-2H3/b10-6+. The van der Waals surface area contributed by atoms with E-state index in [9.17, 15) is 0 Å². The zero-order valence-electron chi connectivity index (χ0n) is 9.03. The summed E-state index contributed by atoms with van der Waals surface area (Å²) in [5.74, 6) is 0. The fourth-order valence-corrected chi connectivity index (χ4v) is 1.24. The third kappa shape index (κ3) is 4.83. The van der Waals surface area contributed by atoms with Gasteiger partial charge in [0.15, 0.2) is 0 Å². The van der Waals surface area contributed by atoms with E-state index in [0.29, 0.717) is 0 Å². The Balaban J connectivity index is 2.35. The van der Waals surface area contributed by atoms with Gasteiger partial charge < -0.3 is 5.73 Å². The Kier molecular flexibility index (Phi) is 3.90. The van der Waals surface area contributed by atoms with E-state index in [1.807, 2.05) is 18.2 Å². The van der Waals surface area contributed by atoms with E-state index in [4.69, 9.17) is 5.73 Å². The summed E-state index contributed by atoms with van der Waals surface area (Å²) in [6, 6.07) is 10.3. The second kappa shape index (κ2) is 4.97. The van der Waals surface area contributed by atoms with Crippen LogP contribution in [0.2, 0.25) is 0 Å². The maximum absolute atomic E-state index is 5.88. The minimum Gasteiger partial charge on any atom is -0.326 e. The largest absolute Gasteiger partial charge is 0.326 e. The maximum atomic E-state index is 5.88. The van der Waals surface area contributed by atoms with Crippen LogP contribution in [0.1, 0.15) is 32.3 Å². The summed E-state index contributed by atoms with van der Waals surface area (Å²) >= 11 is 0. The highest BCUT2D eigenvalue weighted by atomic mass is 14.7. The van der Waals surface area contributed by atoms with Crippen molar-refractivity contribution in [1.29, 1.82) is 0 Å². The number of hydrogen-bond acceptors (Lipinski definition) is 1. The van der Waals surface area contributed by atoms with Crippen LogP contribution in [0.4, 0.5) is 0 Å². The number of nitrogens with two attached hydrogens (primary N) is 1. The molecule has 0 atom stereocenters. The van der Waals surface area contributed by atoms with Gasteiger partial charge in [0.1, 0.15) is 0 Å². The van der Waals surface area contributed by atoms with Gasteiger partial charge in [-0.05, 0) is 32.3 Å². The molecule has 0 heterocycles. The molecule has 0 aliphatic heterocycles. The van der Waals surface area contributed by atoms with Crippen LogP contribution in [-0.4, -0.2) is 5.54 Å². The van der Waals surface area contributed by atoms with Gasteiger partial charge in [0, 0.05) is 5.54 Å². The molecule has 76 valence electrons. The lowest BCUT2D eigenvalue weighted by Gasteiger charge is -2.16. The van der Waals surface area contributed by atoms with Crippen LogP contribution in [-0.2, 0) is 0 Å². The molecule has 0 saturated heterocycles. The average molecular weight is 189 g/mol. The molecule has 1 nitrogen and oxygen atoms in total. The summed E-state index contributed by atoms with van der Waals surface area (Å²) in [6.07, 6.45) is 6.39. The number of hydrogen-bond donors (Lipinski definition) is 1. The number of allylic oxidation sites excluding steroid dienone is 1. The number of rotatable bonds is 4. The topological polar surface area (TPSA) is 26.0 Å². The van der Waals surface area contributed by atoms with Crippen LogP contribution in [0.15, 0.2) is 36.4 Å². The highest BCUT2D eigenvalue weighted by Crippen LogP contribution is 2.09. The third-order valence-electron chi connectivity index (χ3n) is 2.07. The molecule has 0 amide bonds. The van der Waals surface area contributed by atoms with Crippen molar-refractivity contribution < 1.29 is 0 Å². The Morgan fingerprint density at radius 3 is 2.43 bits per heavy atom. The molecule has 0 aliphatic rings. The molecule has 0 fully saturated rings. The normalized spacial score (nSPS) is 12.2. The van der Waals surface area contributed by atoms with Crippen LogP contribution in [0, 0.1) is 0 Å². The predicted octanol–water partition coefficient (Wildman–Crippen LogP) is 3.22. The average Bonchev–Trinajstić information content (AvgIpc) is 2.13. The van der Waals surface area contributed by atoms with Gasteiger partial charge in [0.05, 0.1) is 0 Å². The van der Waals surface area contributed by atoms with Crippen molar-refractivity contribution in [2.45, 2.75) is 32.2 Å². The molecule has 1 aromatic rings. The summed E-state index contributed by atoms with van der Waals surface area (Å²) in [4.78, 5) is 0. The van der Waals surface area contributed by atoms with Crippen LogP contribution in [0.5, 0.6) is 0 Å². The second-order valence-electron chi connectivity index (χ2n) is 4.34. The third-order valence-corrected chi connectivity index (χ3v) is 2.07. The summed E-state index contributed by atoms with van der Waals surface area (Å²) < 4.78 is 0. The van der Waals surface area contributed by atoms with Crippen LogP contribution < -0.4 is 5.73 Å². The SMILES string of the molecule is CC(C)(N)CC/C=C/c1ccccc1. The quantitative estimate of drug-likeness (QED) is 0.773. The lowest BCUT2D eigenvalue weighted by Crippen LogP contribution is -2.31. The summed E-state index contributed by atoms with van der Waals surface area (Å²) in [5.41, 5.74) is 7.08. The van der Waals surface area contributed by atoms with E-state index < -0.39 is 0 Å². The molecule has 1 rings (SSSR count). The Morgan fingerprint density at radius 2 is 1.86 bits per heavy atom. The fourth-order valence-electron chi connectivity index (χ4n) is 1.24. The molecular formula is C13H19N. The van der Waals surface area contributed by atoms with Gasteiger partial charge in [-0.2, -0.15) is 0 Å². The van der Waals surface area contributed by atoms with Crippen molar-refractivity contribution in [3.05, 3.63) is 42.0 Å². The molecule has 0 bridgehead atoms. The highest BCUT2D eigenvalue weighted by Gasteiger charge is 2.07. The van der Waals surface area contributed by atoms with E-state index >= 15 is 0 Å². The van der Waals surface area contributed by atoms with Gasteiger partial charge in [0.2, 0.25) is 0 Å². The molecule has 0 aliphatic carbocycles. The van der Waals surface area contributed by atoms with Crippen molar-refractivity contribution >= 4 is 6.08 Å². The van der Waals surface area contributed by atoms with E-state index in [1.165, 1.54) is 5.56 Å². The van der Waals surface area contributed by atoms with Crippen molar-refractivity contribution in [3.63, 3.8) is 0 Å². The fraction of sp³-hybridized carbons (Fsp3) is 0.385. The lowest BCUT2D eigenvalue weighted by molar-refractivity contribution is 0.482. The maximum Gasteiger partial charge on any atom is 0.01000 e. The summed E-state index contributed by atoms with van der Waals surface area (Å²) in [7, 11) is 0. The molecule has 0 spiro atoms. The Morgan fingerprint density at radius 1 is 1.21 bits per heavy atom. The van der Waals surface area contributed by atoms with Crippen LogP contribution in [0.25, 0.3) is 6.08 Å². The lowest BCUT2D eigenvalue weighted by atomic mass is 10.00. The summed E-state index contributed by atoms with van der Waals surface area (Å²) in [6.45, 7) is 4.12. The zero-order chi connectivity index (χ0) is 10.4. The van der Waals surface area contributed by atoms with Gasteiger partial charge in [-0.3, -0.25) is 0 Å². The molecule has 0 unspecified atom stereocenters. The van der Waals surface area contributed by atoms with E-state index in [0.717, 1.165) is 12.8 Å². The molecule has 14 heavy (non-hydrogen) atoms. The Bertz CT molecular complexity index is 280. The molecule has 0 aromatic heterocycles. The first kappa shape index (κ1) is 11.0. The van der Waals surface area contributed by atoms with Crippen molar-refractivity contribution in [2.75, 3.05) is 0 Å². The minimum atomic E-state index is -0.0545. The van der Waals surface area contributed by atoms with Crippen molar-refractivity contribution in [3.8, 4) is 0 Å². The minimum absolute atomic E-state index is 0.0545. The predicted molar refractivity (Wildman–Crippen MR) is 63.0 cm³/mol. The van der Waals surface area contributed by atoms with Crippen molar-refractivity contribution in [1.82, 2.24) is 0 Å². The van der Waals surface area contributed by atoms with Crippen LogP contribution in [0.3, 0.4) is 0 Å². The van der Waals surface area contributed by atoms with Gasteiger partial charge in [0.25, 0.3) is 0 Å². The van der Waals surface area contributed by atoms with Gasteiger partial charge >= 0.3 is 0 Å². The smallest absolute Gasteiger partial charge is 0.01000 e. The Hall–Kier alpha value is -1.08. The van der Waals surface area contributed by atoms with Gasteiger partial charge in [-0.25, -0.2) is 0 Å². The highest BCUT2D eigenvalue weighted by molar-refractivity contribution is 5.48. The zero-order valence-corrected chi connectivity index (χ0v) is 9.03. The molecule has 2 N–H and O–H groups in total. The first-order chi connectivity index (χ1) is 6.58. The molecule has 0 saturated carbocycles. The van der Waals surface area contributed by atoms with E-state index in [-0.39, 0.29) is 5.54 Å². The molecule has 0 radical (unpaired) electrons. The van der Waals surface area contributed by atoms with Gasteiger partial charge in [-0.1, -0.05) is 42.5 Å². The van der Waals surface area contributed by atoms with Crippen molar-refractivity contribution in [2.24, 2.45) is 5.73 Å². The van der Waals surface area contributed by atoms with Crippen LogP contribution >= 0.6 is 0 Å². The van der Waals surface area contributed by atoms with E-state index in [2.05, 4.69) is 38.1 Å².